The summed E-state index contributed by atoms with van der Waals surface area (Å²) in [4.78, 5) is 22.9. The van der Waals surface area contributed by atoms with Gasteiger partial charge in [-0.15, -0.1) is 0 Å². The molecule has 19 heavy (non-hydrogen) atoms. The molecule has 1 rings (SSSR count). The molecule has 0 amide bonds. The van der Waals surface area contributed by atoms with E-state index in [1.54, 1.807) is 4.90 Å². The molecule has 108 valence electrons. The Balaban J connectivity index is 2.40. The summed E-state index contributed by atoms with van der Waals surface area (Å²) < 4.78 is 4.19. The number of hydrogen-bond donors (Lipinski definition) is 4. The normalized spacial score (nSPS) is 19.0. The number of carboxylic acids is 2. The molecule has 0 aromatic carbocycles. The molecule has 8 nitrogen and oxygen atoms in total. The van der Waals surface area contributed by atoms with E-state index in [9.17, 15) is 9.59 Å². The maximum atomic E-state index is 10.7. The first-order valence-electron chi connectivity index (χ1n) is 5.89. The molecule has 0 bridgehead atoms. The number of carboxylic acid groups (broad SMARTS) is 2. The van der Waals surface area contributed by atoms with Crippen LogP contribution >= 0.6 is 11.9 Å². The summed E-state index contributed by atoms with van der Waals surface area (Å²) in [6, 6.07) is -0.887. The van der Waals surface area contributed by atoms with Crippen molar-refractivity contribution in [2.24, 2.45) is 10.1 Å². The Kier molecular flexibility index (Phi) is 6.43. The van der Waals surface area contributed by atoms with Gasteiger partial charge in [-0.05, 0) is 24.8 Å². The Bertz CT molecular complexity index is 363. The van der Waals surface area contributed by atoms with E-state index < -0.39 is 18.0 Å². The number of nitrogens with two attached hydrogens (primary N) is 1. The van der Waals surface area contributed by atoms with Crippen molar-refractivity contribution in [3.8, 4) is 0 Å². The summed E-state index contributed by atoms with van der Waals surface area (Å²) in [7, 11) is 0. The Morgan fingerprint density at radius 3 is 2.89 bits per heavy atom. The quantitative estimate of drug-likeness (QED) is 0.353. The molecule has 9 heteroatoms. The second kappa shape index (κ2) is 7.85. The molecule has 1 fully saturated rings. The fourth-order valence-electron chi connectivity index (χ4n) is 1.50. The summed E-state index contributed by atoms with van der Waals surface area (Å²) in [6.07, 6.45) is 1.18. The topological polar surface area (TPSA) is 128 Å². The van der Waals surface area contributed by atoms with E-state index in [-0.39, 0.29) is 6.54 Å². The maximum Gasteiger partial charge on any atom is 0.323 e. The lowest BCUT2D eigenvalue weighted by atomic mass is 10.2. The minimum atomic E-state index is -1.03. The van der Waals surface area contributed by atoms with Crippen LogP contribution in [0.5, 0.6) is 0 Å². The minimum absolute atomic E-state index is 0.0962. The van der Waals surface area contributed by atoms with Crippen LogP contribution < -0.4 is 11.1 Å². The van der Waals surface area contributed by atoms with Crippen LogP contribution in [-0.4, -0.2) is 64.4 Å². The second-order valence-electron chi connectivity index (χ2n) is 4.08. The molecule has 1 aliphatic rings. The molecular weight excluding hydrogens is 272 g/mol. The molecule has 0 aromatic heterocycles. The van der Waals surface area contributed by atoms with Crippen molar-refractivity contribution >= 4 is 29.8 Å². The first kappa shape index (κ1) is 15.6. The van der Waals surface area contributed by atoms with Gasteiger partial charge in [-0.3, -0.25) is 9.59 Å². The third-order valence-corrected chi connectivity index (χ3v) is 3.22. The molecule has 1 heterocycles. The Morgan fingerprint density at radius 1 is 1.53 bits per heavy atom. The van der Waals surface area contributed by atoms with Crippen molar-refractivity contribution in [2.45, 2.75) is 18.9 Å². The zero-order valence-corrected chi connectivity index (χ0v) is 11.2. The van der Waals surface area contributed by atoms with E-state index in [0.29, 0.717) is 24.7 Å². The van der Waals surface area contributed by atoms with Gasteiger partial charge in [-0.1, -0.05) is 0 Å². The molecule has 1 saturated heterocycles. The van der Waals surface area contributed by atoms with Crippen LogP contribution in [0.1, 0.15) is 12.8 Å². The molecule has 0 saturated carbocycles. The third-order valence-electron chi connectivity index (χ3n) is 2.50. The standard InChI is InChI=1S/C10H18N4O4S/c11-7(9(17)18)2-5-19-13-10-12-3-1-4-14(10)6-8(15)16/h7H,1-6,11H2,(H,12,13)(H,15,16)(H,17,18). The third kappa shape index (κ3) is 5.79. The number of rotatable bonds is 7. The largest absolute Gasteiger partial charge is 0.480 e. The van der Waals surface area contributed by atoms with Gasteiger partial charge in [-0.2, -0.15) is 4.40 Å². The molecule has 1 unspecified atom stereocenters. The molecule has 0 aliphatic carbocycles. The zero-order valence-electron chi connectivity index (χ0n) is 10.4. The van der Waals surface area contributed by atoms with Crippen LogP contribution in [0.2, 0.25) is 0 Å². The fourth-order valence-corrected chi connectivity index (χ4v) is 2.26. The van der Waals surface area contributed by atoms with Crippen LogP contribution in [-0.2, 0) is 9.59 Å². The van der Waals surface area contributed by atoms with Gasteiger partial charge in [0.1, 0.15) is 12.6 Å². The van der Waals surface area contributed by atoms with Crippen LogP contribution in [0.15, 0.2) is 4.40 Å². The predicted octanol–water partition coefficient (Wildman–Crippen LogP) is -0.827. The molecule has 1 atom stereocenters. The van der Waals surface area contributed by atoms with E-state index in [2.05, 4.69) is 9.71 Å². The van der Waals surface area contributed by atoms with E-state index in [1.165, 1.54) is 11.9 Å². The molecular formula is C10H18N4O4S. The second-order valence-corrected chi connectivity index (χ2v) is 4.93. The monoisotopic (exact) mass is 290 g/mol. The van der Waals surface area contributed by atoms with Crippen molar-refractivity contribution in [1.29, 1.82) is 0 Å². The minimum Gasteiger partial charge on any atom is -0.480 e. The van der Waals surface area contributed by atoms with Crippen molar-refractivity contribution in [3.05, 3.63) is 0 Å². The fraction of sp³-hybridized carbons (Fsp3) is 0.700. The van der Waals surface area contributed by atoms with Crippen LogP contribution in [0, 0.1) is 0 Å². The van der Waals surface area contributed by atoms with Gasteiger partial charge in [-0.25, -0.2) is 0 Å². The first-order chi connectivity index (χ1) is 9.00. The molecule has 1 aliphatic heterocycles. The number of nitrogens with zero attached hydrogens (tertiary/aromatic N) is 2. The average Bonchev–Trinajstić information content (AvgIpc) is 2.35. The summed E-state index contributed by atoms with van der Waals surface area (Å²) in [5, 5.41) is 20.4. The predicted molar refractivity (Wildman–Crippen MR) is 71.9 cm³/mol. The lowest BCUT2D eigenvalue weighted by Gasteiger charge is -2.29. The van der Waals surface area contributed by atoms with Crippen molar-refractivity contribution in [3.63, 3.8) is 0 Å². The number of carbonyl (C=O) groups is 2. The highest BCUT2D eigenvalue weighted by molar-refractivity contribution is 7.98. The van der Waals surface area contributed by atoms with Gasteiger partial charge in [0.25, 0.3) is 0 Å². The number of hydrogen-bond acceptors (Lipinski definition) is 5. The zero-order chi connectivity index (χ0) is 14.3. The van der Waals surface area contributed by atoms with Gasteiger partial charge < -0.3 is 26.2 Å². The van der Waals surface area contributed by atoms with E-state index in [4.69, 9.17) is 15.9 Å². The Labute approximate surface area is 115 Å². The van der Waals surface area contributed by atoms with Gasteiger partial charge in [0.05, 0.1) is 0 Å². The number of nitrogens with one attached hydrogen (secondary N) is 1. The van der Waals surface area contributed by atoms with Crippen molar-refractivity contribution in [2.75, 3.05) is 25.4 Å². The molecule has 5 N–H and O–H groups in total. The number of aliphatic carboxylic acids is 2. The van der Waals surface area contributed by atoms with Crippen molar-refractivity contribution in [1.82, 2.24) is 10.2 Å². The summed E-state index contributed by atoms with van der Waals surface area (Å²) in [5.41, 5.74) is 5.36. The van der Waals surface area contributed by atoms with Crippen molar-refractivity contribution < 1.29 is 19.8 Å². The Morgan fingerprint density at radius 2 is 2.26 bits per heavy atom. The van der Waals surface area contributed by atoms with Crippen LogP contribution in [0.25, 0.3) is 0 Å². The maximum absolute atomic E-state index is 10.7. The SMILES string of the molecule is NC(CCS/N=C1\NCCCN1CC(=O)O)C(=O)O. The number of guanidine groups is 1. The smallest absolute Gasteiger partial charge is 0.323 e. The summed E-state index contributed by atoms with van der Waals surface area (Å²) in [6.45, 7) is 1.30. The van der Waals surface area contributed by atoms with Gasteiger partial charge in [0.15, 0.2) is 0 Å². The Hall–Kier alpha value is -1.48. The van der Waals surface area contributed by atoms with Crippen LogP contribution in [0.3, 0.4) is 0 Å². The van der Waals surface area contributed by atoms with E-state index in [0.717, 1.165) is 13.0 Å². The highest BCUT2D eigenvalue weighted by Crippen LogP contribution is 2.09. The molecule has 0 aromatic rings. The average molecular weight is 290 g/mol. The van der Waals surface area contributed by atoms with Gasteiger partial charge >= 0.3 is 11.9 Å². The summed E-state index contributed by atoms with van der Waals surface area (Å²) >= 11 is 1.18. The lowest BCUT2D eigenvalue weighted by molar-refractivity contribution is -0.139. The van der Waals surface area contributed by atoms with Gasteiger partial charge in [0.2, 0.25) is 5.96 Å². The van der Waals surface area contributed by atoms with Crippen LogP contribution in [0.4, 0.5) is 0 Å². The molecule has 0 radical (unpaired) electrons. The highest BCUT2D eigenvalue weighted by atomic mass is 32.2. The lowest BCUT2D eigenvalue weighted by Crippen LogP contribution is -2.49. The summed E-state index contributed by atoms with van der Waals surface area (Å²) in [5.74, 6) is -0.937. The van der Waals surface area contributed by atoms with Gasteiger partial charge in [0, 0.05) is 18.8 Å². The van der Waals surface area contributed by atoms with E-state index >= 15 is 0 Å². The highest BCUT2D eigenvalue weighted by Gasteiger charge is 2.18. The first-order valence-corrected chi connectivity index (χ1v) is 6.84. The molecule has 0 spiro atoms. The van der Waals surface area contributed by atoms with E-state index in [1.807, 2.05) is 0 Å².